The smallest absolute Gasteiger partial charge is 0.250 e. The molecule has 1 aromatic rings. The van der Waals surface area contributed by atoms with Gasteiger partial charge in [-0.3, -0.25) is 14.4 Å². The average Bonchev–Trinajstić information content (AvgIpc) is 3.05. The van der Waals surface area contributed by atoms with Crippen molar-refractivity contribution in [3.8, 4) is 0 Å². The van der Waals surface area contributed by atoms with E-state index in [2.05, 4.69) is 31.0 Å². The molecule has 0 atom stereocenters. The van der Waals surface area contributed by atoms with Crippen molar-refractivity contribution in [2.45, 2.75) is 58.9 Å². The minimum absolute atomic E-state index is 0.0243. The second-order valence-corrected chi connectivity index (χ2v) is 10.5. The maximum Gasteiger partial charge on any atom is 0.250 e. The Balaban J connectivity index is 1.69. The number of hydrogen-bond acceptors (Lipinski definition) is 5. The van der Waals surface area contributed by atoms with Crippen molar-refractivity contribution in [2.24, 2.45) is 5.41 Å². The fourth-order valence-corrected chi connectivity index (χ4v) is 4.79. The Kier molecular flexibility index (Phi) is 8.57. The number of para-hydroxylation sites is 1. The van der Waals surface area contributed by atoms with Crippen LogP contribution in [0.3, 0.4) is 0 Å². The van der Waals surface area contributed by atoms with E-state index >= 15 is 0 Å². The van der Waals surface area contributed by atoms with Gasteiger partial charge in [-0.25, -0.2) is 0 Å². The van der Waals surface area contributed by atoms with Crippen LogP contribution in [0.15, 0.2) is 30.3 Å². The van der Waals surface area contributed by atoms with Gasteiger partial charge in [-0.05, 0) is 43.7 Å². The Hall–Kier alpha value is -2.61. The summed E-state index contributed by atoms with van der Waals surface area (Å²) < 4.78 is 5.31. The van der Waals surface area contributed by atoms with Crippen molar-refractivity contribution < 1.29 is 19.1 Å². The molecule has 2 saturated heterocycles. The van der Waals surface area contributed by atoms with Gasteiger partial charge < -0.3 is 24.8 Å². The van der Waals surface area contributed by atoms with Gasteiger partial charge in [0.2, 0.25) is 11.8 Å². The van der Waals surface area contributed by atoms with Gasteiger partial charge in [0.1, 0.15) is 12.1 Å². The molecule has 0 bridgehead atoms. The van der Waals surface area contributed by atoms with Gasteiger partial charge in [-0.15, -0.1) is 0 Å². The molecular weight excluding hydrogens is 432 g/mol. The summed E-state index contributed by atoms with van der Waals surface area (Å²) >= 11 is 0. The van der Waals surface area contributed by atoms with Gasteiger partial charge in [0.15, 0.2) is 0 Å². The van der Waals surface area contributed by atoms with Crippen LogP contribution in [0.25, 0.3) is 0 Å². The number of amides is 3. The normalized spacial score (nSPS) is 18.0. The first-order valence-corrected chi connectivity index (χ1v) is 12.4. The highest BCUT2D eigenvalue weighted by Crippen LogP contribution is 2.39. The topological polar surface area (TPSA) is 82.2 Å². The Morgan fingerprint density at radius 1 is 1.12 bits per heavy atom. The molecule has 2 aliphatic rings. The maximum absolute atomic E-state index is 13.7. The van der Waals surface area contributed by atoms with Crippen molar-refractivity contribution in [1.82, 2.24) is 15.1 Å². The van der Waals surface area contributed by atoms with E-state index < -0.39 is 5.54 Å². The molecular formula is C26H40N4O4. The van der Waals surface area contributed by atoms with E-state index in [1.165, 1.54) is 0 Å². The fourth-order valence-electron chi connectivity index (χ4n) is 4.79. The molecule has 1 N–H and O–H groups in total. The number of anilines is 1. The molecule has 2 fully saturated rings. The largest absolute Gasteiger partial charge is 0.382 e. The van der Waals surface area contributed by atoms with Crippen LogP contribution >= 0.6 is 0 Å². The summed E-state index contributed by atoms with van der Waals surface area (Å²) in [6, 6.07) is 9.88. The van der Waals surface area contributed by atoms with E-state index in [1.54, 1.807) is 4.90 Å². The summed E-state index contributed by atoms with van der Waals surface area (Å²) in [6.45, 7) is 11.4. The molecule has 3 amide bonds. The van der Waals surface area contributed by atoms with E-state index in [-0.39, 0.29) is 29.7 Å². The summed E-state index contributed by atoms with van der Waals surface area (Å²) in [4.78, 5) is 44.7. The zero-order valence-electron chi connectivity index (χ0n) is 21.1. The number of nitrogens with one attached hydrogen (secondary N) is 1. The first-order valence-electron chi connectivity index (χ1n) is 12.4. The highest BCUT2D eigenvalue weighted by Gasteiger charge is 2.54. The minimum Gasteiger partial charge on any atom is -0.382 e. The highest BCUT2D eigenvalue weighted by molar-refractivity contribution is 5.96. The number of rotatable bonds is 9. The van der Waals surface area contributed by atoms with Crippen LogP contribution in [-0.2, 0) is 19.1 Å². The molecule has 1 aromatic carbocycles. The zero-order valence-corrected chi connectivity index (χ0v) is 21.1. The molecule has 1 spiro atoms. The molecule has 188 valence electrons. The molecule has 8 nitrogen and oxygen atoms in total. The first-order chi connectivity index (χ1) is 16.2. The Bertz CT molecular complexity index is 844. The number of carbonyl (C=O) groups excluding carboxylic acids is 3. The van der Waals surface area contributed by atoms with Crippen LogP contribution in [0, 0.1) is 5.41 Å². The lowest BCUT2D eigenvalue weighted by molar-refractivity contribution is -0.140. The molecule has 2 aliphatic heterocycles. The van der Waals surface area contributed by atoms with Gasteiger partial charge in [0, 0.05) is 45.0 Å². The predicted octanol–water partition coefficient (Wildman–Crippen LogP) is 2.63. The molecule has 0 aliphatic carbocycles. The van der Waals surface area contributed by atoms with Gasteiger partial charge in [-0.1, -0.05) is 39.0 Å². The number of likely N-dealkylation sites (tertiary alicyclic amines) is 1. The number of nitrogens with zero attached hydrogens (tertiary/aromatic N) is 3. The third-order valence-electron chi connectivity index (χ3n) is 6.53. The van der Waals surface area contributed by atoms with Crippen LogP contribution < -0.4 is 10.2 Å². The van der Waals surface area contributed by atoms with Crippen molar-refractivity contribution >= 4 is 23.4 Å². The quantitative estimate of drug-likeness (QED) is 0.559. The van der Waals surface area contributed by atoms with Crippen LogP contribution in [0.5, 0.6) is 0 Å². The van der Waals surface area contributed by atoms with Crippen LogP contribution in [0.4, 0.5) is 5.69 Å². The SMILES string of the molecule is CCOCCCNC(=O)CN1CN(c2ccccc2)C2(CCN(C(=O)CC(C)(C)C)CC2)C1=O. The molecule has 2 heterocycles. The summed E-state index contributed by atoms with van der Waals surface area (Å²) in [7, 11) is 0. The number of ether oxygens (including phenoxy) is 1. The minimum atomic E-state index is -0.727. The zero-order chi connectivity index (χ0) is 24.8. The van der Waals surface area contributed by atoms with Crippen molar-refractivity contribution in [3.05, 3.63) is 30.3 Å². The lowest BCUT2D eigenvalue weighted by atomic mass is 9.84. The predicted molar refractivity (Wildman–Crippen MR) is 132 cm³/mol. The van der Waals surface area contributed by atoms with E-state index in [1.807, 2.05) is 42.2 Å². The Morgan fingerprint density at radius 2 is 1.79 bits per heavy atom. The third-order valence-corrected chi connectivity index (χ3v) is 6.53. The molecule has 34 heavy (non-hydrogen) atoms. The van der Waals surface area contributed by atoms with Crippen molar-refractivity contribution in [1.29, 1.82) is 0 Å². The Labute approximate surface area is 203 Å². The third kappa shape index (κ3) is 6.29. The molecule has 0 unspecified atom stereocenters. The van der Waals surface area contributed by atoms with E-state index in [9.17, 15) is 14.4 Å². The molecule has 0 saturated carbocycles. The van der Waals surface area contributed by atoms with Crippen molar-refractivity contribution in [2.75, 3.05) is 51.0 Å². The van der Waals surface area contributed by atoms with Crippen LogP contribution in [0.2, 0.25) is 0 Å². The maximum atomic E-state index is 13.7. The van der Waals surface area contributed by atoms with E-state index in [4.69, 9.17) is 4.74 Å². The lowest BCUT2D eigenvalue weighted by Crippen LogP contribution is -2.57. The monoisotopic (exact) mass is 472 g/mol. The number of hydrogen-bond donors (Lipinski definition) is 1. The molecule has 0 aromatic heterocycles. The summed E-state index contributed by atoms with van der Waals surface area (Å²) in [6.07, 6.45) is 2.35. The molecule has 8 heteroatoms. The molecule has 0 radical (unpaired) electrons. The highest BCUT2D eigenvalue weighted by atomic mass is 16.5. The van der Waals surface area contributed by atoms with Crippen LogP contribution in [0.1, 0.15) is 53.4 Å². The van der Waals surface area contributed by atoms with Crippen molar-refractivity contribution in [3.63, 3.8) is 0 Å². The fraction of sp³-hybridized carbons (Fsp3) is 0.654. The van der Waals surface area contributed by atoms with E-state index in [0.29, 0.717) is 58.8 Å². The van der Waals surface area contributed by atoms with Crippen LogP contribution in [-0.4, -0.2) is 79.1 Å². The molecule has 3 rings (SSSR count). The summed E-state index contributed by atoms with van der Waals surface area (Å²) in [5.74, 6) is -0.0428. The summed E-state index contributed by atoms with van der Waals surface area (Å²) in [5.41, 5.74) is 0.165. The number of carbonyl (C=O) groups is 3. The summed E-state index contributed by atoms with van der Waals surface area (Å²) in [5, 5.41) is 2.89. The average molecular weight is 473 g/mol. The first kappa shape index (κ1) is 26.0. The van der Waals surface area contributed by atoms with Gasteiger partial charge >= 0.3 is 0 Å². The Morgan fingerprint density at radius 3 is 2.41 bits per heavy atom. The van der Waals surface area contributed by atoms with Gasteiger partial charge in [0.25, 0.3) is 5.91 Å². The van der Waals surface area contributed by atoms with Gasteiger partial charge in [0.05, 0.1) is 6.67 Å². The second-order valence-electron chi connectivity index (χ2n) is 10.5. The standard InChI is InChI=1S/C26H40N4O4/c1-5-34-17-9-14-27-22(31)19-29-20-30(21-10-7-6-8-11-21)26(24(29)33)12-15-28(16-13-26)23(32)18-25(2,3)4/h6-8,10-11H,5,9,12-20H2,1-4H3,(H,27,31). The lowest BCUT2D eigenvalue weighted by Gasteiger charge is -2.43. The second kappa shape index (κ2) is 11.2. The van der Waals surface area contributed by atoms with E-state index in [0.717, 1.165) is 12.1 Å². The number of benzene rings is 1. The number of piperidine rings is 1. The van der Waals surface area contributed by atoms with Gasteiger partial charge in [-0.2, -0.15) is 0 Å².